The highest BCUT2D eigenvalue weighted by Crippen LogP contribution is 2.28. The van der Waals surface area contributed by atoms with E-state index < -0.39 is 0 Å². The van der Waals surface area contributed by atoms with Gasteiger partial charge in [0.25, 0.3) is 0 Å². The first-order chi connectivity index (χ1) is 10.8. The molecule has 4 rings (SSSR count). The lowest BCUT2D eigenvalue weighted by Gasteiger charge is -2.09. The minimum absolute atomic E-state index is 0.970. The summed E-state index contributed by atoms with van der Waals surface area (Å²) in [7, 11) is 2.72. The van der Waals surface area contributed by atoms with Gasteiger partial charge in [0.15, 0.2) is 0 Å². The standard InChI is InChI=1S/C19H15N2P/c22-16-12-10-14(11-13-16)19-20-17-8-4-5-9-18(17)21(19)15-6-2-1-3-7-15/h1-13H,22H2. The van der Waals surface area contributed by atoms with Crippen molar-refractivity contribution in [3.05, 3.63) is 78.9 Å². The Labute approximate surface area is 131 Å². The maximum absolute atomic E-state index is 4.85. The summed E-state index contributed by atoms with van der Waals surface area (Å²) in [4.78, 5) is 4.85. The molecular weight excluding hydrogens is 287 g/mol. The van der Waals surface area contributed by atoms with Gasteiger partial charge in [0.2, 0.25) is 0 Å². The Kier molecular flexibility index (Phi) is 3.25. The van der Waals surface area contributed by atoms with Crippen molar-refractivity contribution in [3.63, 3.8) is 0 Å². The fourth-order valence-electron chi connectivity index (χ4n) is 2.69. The Hall–Kier alpha value is -2.44. The first-order valence-corrected chi connectivity index (χ1v) is 7.79. The number of rotatable bonds is 2. The second-order valence-corrected chi connectivity index (χ2v) is 5.88. The normalized spacial score (nSPS) is 11.0. The molecule has 3 heteroatoms. The predicted molar refractivity (Wildman–Crippen MR) is 95.8 cm³/mol. The van der Waals surface area contributed by atoms with Crippen LogP contribution in [0.25, 0.3) is 28.1 Å². The highest BCUT2D eigenvalue weighted by molar-refractivity contribution is 7.27. The summed E-state index contributed by atoms with van der Waals surface area (Å²) in [6, 6.07) is 27.0. The van der Waals surface area contributed by atoms with Gasteiger partial charge in [0, 0.05) is 11.3 Å². The molecule has 0 saturated heterocycles. The molecule has 0 spiro atoms. The number of fused-ring (bicyclic) bond motifs is 1. The third-order valence-electron chi connectivity index (χ3n) is 3.74. The zero-order valence-electron chi connectivity index (χ0n) is 12.0. The van der Waals surface area contributed by atoms with Crippen molar-refractivity contribution in [2.45, 2.75) is 0 Å². The van der Waals surface area contributed by atoms with Crippen LogP contribution >= 0.6 is 9.24 Å². The Morgan fingerprint density at radius 1 is 0.727 bits per heavy atom. The molecule has 4 aromatic rings. The van der Waals surface area contributed by atoms with Gasteiger partial charge < -0.3 is 0 Å². The molecule has 2 nitrogen and oxygen atoms in total. The molecule has 0 bridgehead atoms. The van der Waals surface area contributed by atoms with Crippen molar-refractivity contribution in [1.29, 1.82) is 0 Å². The van der Waals surface area contributed by atoms with Crippen molar-refractivity contribution in [3.8, 4) is 17.1 Å². The Bertz CT molecular complexity index is 925. The molecule has 0 N–H and O–H groups in total. The number of aromatic nitrogens is 2. The van der Waals surface area contributed by atoms with Crippen molar-refractivity contribution < 1.29 is 0 Å². The Balaban J connectivity index is 2.04. The van der Waals surface area contributed by atoms with E-state index in [1.807, 2.05) is 12.1 Å². The SMILES string of the molecule is Pc1ccc(-c2nc3ccccc3n2-c2ccccc2)cc1. The van der Waals surface area contributed by atoms with Gasteiger partial charge in [-0.05, 0) is 29.6 Å². The van der Waals surface area contributed by atoms with E-state index in [1.165, 1.54) is 5.30 Å². The van der Waals surface area contributed by atoms with Crippen molar-refractivity contribution in [2.75, 3.05) is 0 Å². The lowest BCUT2D eigenvalue weighted by atomic mass is 10.2. The molecule has 3 aromatic carbocycles. The van der Waals surface area contributed by atoms with Crippen LogP contribution in [0.15, 0.2) is 78.9 Å². The topological polar surface area (TPSA) is 17.8 Å². The van der Waals surface area contributed by atoms with Crippen molar-refractivity contribution >= 4 is 25.6 Å². The smallest absolute Gasteiger partial charge is 0.145 e. The van der Waals surface area contributed by atoms with Crippen LogP contribution in [-0.2, 0) is 0 Å². The number of imidazole rings is 1. The second kappa shape index (κ2) is 5.40. The summed E-state index contributed by atoms with van der Waals surface area (Å²) < 4.78 is 2.22. The molecule has 0 aliphatic carbocycles. The Morgan fingerprint density at radius 3 is 2.18 bits per heavy atom. The van der Waals surface area contributed by atoms with E-state index in [0.717, 1.165) is 28.1 Å². The first-order valence-electron chi connectivity index (χ1n) is 7.22. The van der Waals surface area contributed by atoms with Gasteiger partial charge in [-0.3, -0.25) is 4.57 Å². The summed E-state index contributed by atoms with van der Waals surface area (Å²) in [5, 5.41) is 1.17. The van der Waals surface area contributed by atoms with E-state index in [2.05, 4.69) is 80.5 Å². The van der Waals surface area contributed by atoms with Crippen LogP contribution in [0.1, 0.15) is 0 Å². The van der Waals surface area contributed by atoms with Crippen LogP contribution < -0.4 is 5.30 Å². The van der Waals surface area contributed by atoms with Gasteiger partial charge >= 0.3 is 0 Å². The lowest BCUT2D eigenvalue weighted by Crippen LogP contribution is -1.98. The summed E-state index contributed by atoms with van der Waals surface area (Å²) in [5.41, 5.74) is 4.38. The third kappa shape index (κ3) is 2.22. The molecule has 0 radical (unpaired) electrons. The lowest BCUT2D eigenvalue weighted by molar-refractivity contribution is 1.10. The zero-order chi connectivity index (χ0) is 14.9. The molecule has 1 unspecified atom stereocenters. The van der Waals surface area contributed by atoms with Gasteiger partial charge in [-0.15, -0.1) is 9.24 Å². The number of benzene rings is 3. The van der Waals surface area contributed by atoms with Gasteiger partial charge in [-0.25, -0.2) is 4.98 Å². The number of para-hydroxylation sites is 3. The predicted octanol–water partition coefficient (Wildman–Crippen LogP) is 4.19. The van der Waals surface area contributed by atoms with Crippen molar-refractivity contribution in [1.82, 2.24) is 9.55 Å². The molecule has 0 fully saturated rings. The van der Waals surface area contributed by atoms with E-state index in [-0.39, 0.29) is 0 Å². The molecule has 106 valence electrons. The van der Waals surface area contributed by atoms with Crippen LogP contribution in [0.3, 0.4) is 0 Å². The van der Waals surface area contributed by atoms with Gasteiger partial charge in [0.1, 0.15) is 5.82 Å². The summed E-state index contributed by atoms with van der Waals surface area (Å²) in [6.45, 7) is 0. The third-order valence-corrected chi connectivity index (χ3v) is 4.13. The maximum atomic E-state index is 4.85. The van der Waals surface area contributed by atoms with E-state index in [1.54, 1.807) is 0 Å². The van der Waals surface area contributed by atoms with Gasteiger partial charge in [0.05, 0.1) is 11.0 Å². The van der Waals surface area contributed by atoms with Crippen molar-refractivity contribution in [2.24, 2.45) is 0 Å². The quantitative estimate of drug-likeness (QED) is 0.508. The van der Waals surface area contributed by atoms with Crippen LogP contribution in [-0.4, -0.2) is 9.55 Å². The van der Waals surface area contributed by atoms with Gasteiger partial charge in [-0.1, -0.05) is 54.6 Å². The minimum atomic E-state index is 0.970. The highest BCUT2D eigenvalue weighted by atomic mass is 31.0. The summed E-state index contributed by atoms with van der Waals surface area (Å²) >= 11 is 0. The van der Waals surface area contributed by atoms with Crippen LogP contribution in [0.2, 0.25) is 0 Å². The average molecular weight is 302 g/mol. The molecule has 0 aliphatic rings. The highest BCUT2D eigenvalue weighted by Gasteiger charge is 2.13. The molecular formula is C19H15N2P. The number of hydrogen-bond donors (Lipinski definition) is 0. The molecule has 0 saturated carbocycles. The van der Waals surface area contributed by atoms with Crippen LogP contribution in [0, 0.1) is 0 Å². The van der Waals surface area contributed by atoms with Crippen LogP contribution in [0.5, 0.6) is 0 Å². The molecule has 22 heavy (non-hydrogen) atoms. The number of nitrogens with zero attached hydrogens (tertiary/aromatic N) is 2. The fraction of sp³-hybridized carbons (Fsp3) is 0. The maximum Gasteiger partial charge on any atom is 0.145 e. The Morgan fingerprint density at radius 2 is 1.41 bits per heavy atom. The fourth-order valence-corrected chi connectivity index (χ4v) is 2.88. The molecule has 1 atom stereocenters. The molecule has 0 aliphatic heterocycles. The second-order valence-electron chi connectivity index (χ2n) is 5.22. The average Bonchev–Trinajstić information content (AvgIpc) is 2.96. The molecule has 1 heterocycles. The van der Waals surface area contributed by atoms with Crippen LogP contribution in [0.4, 0.5) is 0 Å². The van der Waals surface area contributed by atoms with E-state index in [4.69, 9.17) is 4.98 Å². The summed E-state index contributed by atoms with van der Waals surface area (Å²) in [6.07, 6.45) is 0. The first kappa shape index (κ1) is 13.2. The van der Waals surface area contributed by atoms with E-state index >= 15 is 0 Å². The van der Waals surface area contributed by atoms with E-state index in [0.29, 0.717) is 0 Å². The van der Waals surface area contributed by atoms with E-state index in [9.17, 15) is 0 Å². The zero-order valence-corrected chi connectivity index (χ0v) is 13.1. The molecule has 1 aromatic heterocycles. The summed E-state index contributed by atoms with van der Waals surface area (Å²) in [5.74, 6) is 0.970. The monoisotopic (exact) mass is 302 g/mol. The largest absolute Gasteiger partial charge is 0.292 e. The number of hydrogen-bond acceptors (Lipinski definition) is 1. The molecule has 0 amide bonds. The minimum Gasteiger partial charge on any atom is -0.292 e. The van der Waals surface area contributed by atoms with Gasteiger partial charge in [-0.2, -0.15) is 0 Å².